The number of aromatic amines is 1. The Morgan fingerprint density at radius 1 is 1.47 bits per heavy atom. The van der Waals surface area contributed by atoms with Crippen LogP contribution in [0.5, 0.6) is 5.75 Å². The number of carbonyl (C=O) groups excluding carboxylic acids is 1. The van der Waals surface area contributed by atoms with Gasteiger partial charge >= 0.3 is 0 Å². The number of rotatable bonds is 4. The number of methoxy groups -OCH3 is 1. The van der Waals surface area contributed by atoms with E-state index in [9.17, 15) is 4.79 Å². The van der Waals surface area contributed by atoms with Crippen molar-refractivity contribution in [3.8, 4) is 5.75 Å². The molecule has 2 rings (SSSR count). The molecule has 1 amide bonds. The fraction of sp³-hybridized carbons (Fsp3) is 0.0769. The SMILES string of the molecule is COc1ccccc1/C=N\NC(=O)c1cc(Br)c[nH]1. The van der Waals surface area contributed by atoms with Crippen LogP contribution < -0.4 is 10.2 Å². The van der Waals surface area contributed by atoms with Crippen molar-refractivity contribution in [3.63, 3.8) is 0 Å². The molecule has 0 atom stereocenters. The molecule has 0 saturated carbocycles. The predicted molar refractivity (Wildman–Crippen MR) is 76.5 cm³/mol. The molecule has 0 unspecified atom stereocenters. The Morgan fingerprint density at radius 2 is 2.26 bits per heavy atom. The predicted octanol–water partition coefficient (Wildman–Crippen LogP) is 2.55. The Morgan fingerprint density at radius 3 is 2.95 bits per heavy atom. The van der Waals surface area contributed by atoms with Gasteiger partial charge in [0.2, 0.25) is 0 Å². The molecule has 2 aromatic rings. The van der Waals surface area contributed by atoms with Crippen LogP contribution in [0.2, 0.25) is 0 Å². The Hall–Kier alpha value is -2.08. The highest BCUT2D eigenvalue weighted by atomic mass is 79.9. The van der Waals surface area contributed by atoms with Gasteiger partial charge in [0.15, 0.2) is 0 Å². The first-order valence-corrected chi connectivity index (χ1v) is 6.30. The molecule has 1 heterocycles. The molecule has 0 spiro atoms. The van der Waals surface area contributed by atoms with Gasteiger partial charge in [0.25, 0.3) is 5.91 Å². The lowest BCUT2D eigenvalue weighted by Crippen LogP contribution is -2.17. The first-order chi connectivity index (χ1) is 9.20. The fourth-order valence-corrected chi connectivity index (χ4v) is 1.84. The molecule has 0 fully saturated rings. The number of nitrogens with zero attached hydrogens (tertiary/aromatic N) is 1. The van der Waals surface area contributed by atoms with Crippen molar-refractivity contribution in [2.45, 2.75) is 0 Å². The van der Waals surface area contributed by atoms with E-state index in [0.717, 1.165) is 10.0 Å². The number of amides is 1. The van der Waals surface area contributed by atoms with Gasteiger partial charge in [-0.1, -0.05) is 12.1 Å². The number of benzene rings is 1. The van der Waals surface area contributed by atoms with E-state index in [0.29, 0.717) is 11.4 Å². The van der Waals surface area contributed by atoms with E-state index in [1.807, 2.05) is 24.3 Å². The van der Waals surface area contributed by atoms with Gasteiger partial charge in [0.05, 0.1) is 13.3 Å². The summed E-state index contributed by atoms with van der Waals surface area (Å²) in [6.45, 7) is 0. The summed E-state index contributed by atoms with van der Waals surface area (Å²) in [4.78, 5) is 14.5. The van der Waals surface area contributed by atoms with Crippen LogP contribution in [0.25, 0.3) is 0 Å². The molecule has 2 N–H and O–H groups in total. The van der Waals surface area contributed by atoms with Crippen LogP contribution in [0.15, 0.2) is 46.1 Å². The summed E-state index contributed by atoms with van der Waals surface area (Å²) >= 11 is 3.26. The second-order valence-electron chi connectivity index (χ2n) is 3.67. The molecule has 5 nitrogen and oxygen atoms in total. The van der Waals surface area contributed by atoms with E-state index in [4.69, 9.17) is 4.74 Å². The Balaban J connectivity index is 2.02. The summed E-state index contributed by atoms with van der Waals surface area (Å²) in [5.41, 5.74) is 3.66. The summed E-state index contributed by atoms with van der Waals surface area (Å²) in [5, 5.41) is 3.90. The number of nitrogens with one attached hydrogen (secondary N) is 2. The average Bonchev–Trinajstić information content (AvgIpc) is 2.86. The van der Waals surface area contributed by atoms with Crippen molar-refractivity contribution in [1.82, 2.24) is 10.4 Å². The van der Waals surface area contributed by atoms with Gasteiger partial charge in [-0.3, -0.25) is 4.79 Å². The van der Waals surface area contributed by atoms with Crippen LogP contribution in [-0.4, -0.2) is 24.2 Å². The highest BCUT2D eigenvalue weighted by Crippen LogP contribution is 2.14. The van der Waals surface area contributed by atoms with E-state index in [-0.39, 0.29) is 5.91 Å². The first kappa shape index (κ1) is 13.4. The molecule has 0 aliphatic rings. The monoisotopic (exact) mass is 321 g/mol. The maximum absolute atomic E-state index is 11.7. The molecule has 98 valence electrons. The number of hydrogen-bond donors (Lipinski definition) is 2. The minimum Gasteiger partial charge on any atom is -0.496 e. The number of hydrogen-bond acceptors (Lipinski definition) is 3. The maximum Gasteiger partial charge on any atom is 0.287 e. The third kappa shape index (κ3) is 3.45. The van der Waals surface area contributed by atoms with Crippen molar-refractivity contribution in [3.05, 3.63) is 52.3 Å². The van der Waals surface area contributed by atoms with Crippen LogP contribution >= 0.6 is 15.9 Å². The molecule has 1 aromatic carbocycles. The maximum atomic E-state index is 11.7. The van der Waals surface area contributed by atoms with Crippen molar-refractivity contribution in [2.24, 2.45) is 5.10 Å². The standard InChI is InChI=1S/C13H12BrN3O2/c1-19-12-5-3-2-4-9(12)7-16-17-13(18)11-6-10(14)8-15-11/h2-8,15H,1H3,(H,17,18)/b16-7-. The number of aromatic nitrogens is 1. The number of ether oxygens (including phenoxy) is 1. The third-order valence-corrected chi connectivity index (χ3v) is 2.86. The summed E-state index contributed by atoms with van der Waals surface area (Å²) in [6.07, 6.45) is 3.22. The fourth-order valence-electron chi connectivity index (χ4n) is 1.49. The van der Waals surface area contributed by atoms with E-state index >= 15 is 0 Å². The van der Waals surface area contributed by atoms with E-state index in [1.54, 1.807) is 19.4 Å². The molecular formula is C13H12BrN3O2. The Labute approximate surface area is 118 Å². The number of hydrazone groups is 1. The van der Waals surface area contributed by atoms with Crippen molar-refractivity contribution in [1.29, 1.82) is 0 Å². The highest BCUT2D eigenvalue weighted by Gasteiger charge is 2.06. The number of para-hydroxylation sites is 1. The second kappa shape index (κ2) is 6.19. The quantitative estimate of drug-likeness (QED) is 0.671. The zero-order valence-electron chi connectivity index (χ0n) is 10.2. The summed E-state index contributed by atoms with van der Waals surface area (Å²) in [6, 6.07) is 9.08. The molecule has 0 saturated heterocycles. The molecular weight excluding hydrogens is 310 g/mol. The number of H-pyrrole nitrogens is 1. The van der Waals surface area contributed by atoms with Crippen LogP contribution in [0.4, 0.5) is 0 Å². The topological polar surface area (TPSA) is 66.5 Å². The Kier molecular flexibility index (Phi) is 4.35. The minimum absolute atomic E-state index is 0.308. The van der Waals surface area contributed by atoms with Gasteiger partial charge in [-0.15, -0.1) is 0 Å². The zero-order valence-corrected chi connectivity index (χ0v) is 11.8. The van der Waals surface area contributed by atoms with Crippen molar-refractivity contribution >= 4 is 28.1 Å². The lowest BCUT2D eigenvalue weighted by atomic mass is 10.2. The van der Waals surface area contributed by atoms with Gasteiger partial charge in [-0.05, 0) is 34.1 Å². The lowest BCUT2D eigenvalue weighted by Gasteiger charge is -2.02. The summed E-state index contributed by atoms with van der Waals surface area (Å²) in [7, 11) is 1.59. The summed E-state index contributed by atoms with van der Waals surface area (Å²) in [5.74, 6) is 0.389. The van der Waals surface area contributed by atoms with E-state index in [1.165, 1.54) is 6.21 Å². The van der Waals surface area contributed by atoms with E-state index < -0.39 is 0 Å². The minimum atomic E-state index is -0.308. The van der Waals surface area contributed by atoms with Crippen LogP contribution in [0, 0.1) is 0 Å². The molecule has 0 radical (unpaired) electrons. The van der Waals surface area contributed by atoms with Gasteiger partial charge in [-0.2, -0.15) is 5.10 Å². The summed E-state index contributed by atoms with van der Waals surface area (Å²) < 4.78 is 5.99. The van der Waals surface area contributed by atoms with Crippen molar-refractivity contribution < 1.29 is 9.53 Å². The normalized spacial score (nSPS) is 10.6. The molecule has 19 heavy (non-hydrogen) atoms. The third-order valence-electron chi connectivity index (χ3n) is 2.40. The van der Waals surface area contributed by atoms with Gasteiger partial charge in [0.1, 0.15) is 11.4 Å². The molecule has 1 aromatic heterocycles. The first-order valence-electron chi connectivity index (χ1n) is 5.51. The van der Waals surface area contributed by atoms with Gasteiger partial charge < -0.3 is 9.72 Å². The number of halogens is 1. The average molecular weight is 322 g/mol. The van der Waals surface area contributed by atoms with Gasteiger partial charge in [-0.25, -0.2) is 5.43 Å². The largest absolute Gasteiger partial charge is 0.496 e. The van der Waals surface area contributed by atoms with Crippen LogP contribution in [0.1, 0.15) is 16.1 Å². The zero-order chi connectivity index (χ0) is 13.7. The van der Waals surface area contributed by atoms with Crippen LogP contribution in [0.3, 0.4) is 0 Å². The number of carbonyl (C=O) groups is 1. The van der Waals surface area contributed by atoms with Crippen LogP contribution in [-0.2, 0) is 0 Å². The van der Waals surface area contributed by atoms with E-state index in [2.05, 4.69) is 31.4 Å². The molecule has 0 aliphatic heterocycles. The van der Waals surface area contributed by atoms with Gasteiger partial charge in [0, 0.05) is 16.2 Å². The molecule has 6 heteroatoms. The molecule has 0 aliphatic carbocycles. The lowest BCUT2D eigenvalue weighted by molar-refractivity contribution is 0.0951. The second-order valence-corrected chi connectivity index (χ2v) is 4.59. The highest BCUT2D eigenvalue weighted by molar-refractivity contribution is 9.10. The molecule has 0 bridgehead atoms. The Bertz CT molecular complexity index is 607. The van der Waals surface area contributed by atoms with Crippen molar-refractivity contribution in [2.75, 3.05) is 7.11 Å². The smallest absolute Gasteiger partial charge is 0.287 e.